The molecule has 1 N–H and O–H groups in total. The maximum absolute atomic E-state index is 12.8. The summed E-state index contributed by atoms with van der Waals surface area (Å²) < 4.78 is 6.30. The molecule has 1 spiro atoms. The molecule has 2 saturated heterocycles. The summed E-state index contributed by atoms with van der Waals surface area (Å²) in [6, 6.07) is 7.27. The summed E-state index contributed by atoms with van der Waals surface area (Å²) in [7, 11) is 0. The van der Waals surface area contributed by atoms with Crippen LogP contribution in [-0.2, 0) is 9.53 Å². The molecule has 0 radical (unpaired) electrons. The summed E-state index contributed by atoms with van der Waals surface area (Å²) in [5.74, 6) is 0.0178. The highest BCUT2D eigenvalue weighted by atomic mass is 16.5. The Labute approximate surface area is 170 Å². The zero-order chi connectivity index (χ0) is 20.4. The molecule has 2 amide bonds. The molecule has 0 bridgehead atoms. The molecule has 0 aromatic carbocycles. The summed E-state index contributed by atoms with van der Waals surface area (Å²) in [4.78, 5) is 35.5. The molecule has 0 saturated carbocycles. The molecule has 0 aliphatic carbocycles. The number of likely N-dealkylation sites (tertiary alicyclic amines) is 1. The van der Waals surface area contributed by atoms with Crippen molar-refractivity contribution in [3.63, 3.8) is 0 Å². The highest BCUT2D eigenvalue weighted by Gasteiger charge is 2.49. The van der Waals surface area contributed by atoms with Gasteiger partial charge in [-0.3, -0.25) is 19.6 Å². The average molecular weight is 394 g/mol. The second-order valence-electron chi connectivity index (χ2n) is 8.03. The van der Waals surface area contributed by atoms with E-state index in [-0.39, 0.29) is 23.3 Å². The smallest absolute Gasteiger partial charge is 0.255 e. The summed E-state index contributed by atoms with van der Waals surface area (Å²) in [5, 5.41) is 2.88. The van der Waals surface area contributed by atoms with Gasteiger partial charge >= 0.3 is 0 Å². The molecular formula is C22H26N4O3. The lowest BCUT2D eigenvalue weighted by atomic mass is 9.80. The van der Waals surface area contributed by atoms with Crippen molar-refractivity contribution in [1.82, 2.24) is 14.9 Å². The minimum atomic E-state index is -0.471. The molecule has 4 rings (SSSR count). The number of aromatic nitrogens is 2. The summed E-state index contributed by atoms with van der Waals surface area (Å²) in [6.45, 7) is 5.24. The molecule has 3 atom stereocenters. The van der Waals surface area contributed by atoms with Gasteiger partial charge in [-0.15, -0.1) is 0 Å². The number of piperidine rings is 1. The van der Waals surface area contributed by atoms with Crippen LogP contribution in [-0.4, -0.2) is 51.5 Å². The van der Waals surface area contributed by atoms with E-state index < -0.39 is 6.10 Å². The van der Waals surface area contributed by atoms with Crippen molar-refractivity contribution < 1.29 is 14.3 Å². The van der Waals surface area contributed by atoms with Crippen molar-refractivity contribution in [3.8, 4) is 0 Å². The van der Waals surface area contributed by atoms with Crippen LogP contribution >= 0.6 is 0 Å². The van der Waals surface area contributed by atoms with Crippen LogP contribution in [0.3, 0.4) is 0 Å². The van der Waals surface area contributed by atoms with Crippen LogP contribution in [0.1, 0.15) is 42.2 Å². The van der Waals surface area contributed by atoms with Gasteiger partial charge < -0.3 is 15.0 Å². The van der Waals surface area contributed by atoms with Crippen LogP contribution < -0.4 is 5.32 Å². The van der Waals surface area contributed by atoms with Crippen molar-refractivity contribution in [2.75, 3.05) is 18.4 Å². The molecule has 152 valence electrons. The number of hydrogen-bond acceptors (Lipinski definition) is 5. The Morgan fingerprint density at radius 2 is 2.10 bits per heavy atom. The van der Waals surface area contributed by atoms with Crippen LogP contribution in [0.5, 0.6) is 0 Å². The molecule has 2 aromatic rings. The van der Waals surface area contributed by atoms with Crippen LogP contribution in [0.25, 0.3) is 0 Å². The third kappa shape index (κ3) is 4.00. The molecule has 3 unspecified atom stereocenters. The Bertz CT molecular complexity index is 887. The van der Waals surface area contributed by atoms with E-state index in [1.165, 1.54) is 0 Å². The Balaban J connectivity index is 1.37. The second kappa shape index (κ2) is 7.91. The Hall–Kier alpha value is -2.80. The number of amides is 2. The highest BCUT2D eigenvalue weighted by Crippen LogP contribution is 2.42. The first-order chi connectivity index (χ1) is 14.0. The van der Waals surface area contributed by atoms with Gasteiger partial charge in [0, 0.05) is 37.1 Å². The van der Waals surface area contributed by atoms with E-state index in [2.05, 4.69) is 22.2 Å². The lowest BCUT2D eigenvalue weighted by molar-refractivity contribution is -0.141. The Kier molecular flexibility index (Phi) is 5.32. The molecule has 7 heteroatoms. The molecule has 2 aliphatic rings. The van der Waals surface area contributed by atoms with E-state index in [9.17, 15) is 9.59 Å². The van der Waals surface area contributed by atoms with E-state index in [1.807, 2.05) is 30.0 Å². The third-order valence-electron chi connectivity index (χ3n) is 6.07. The number of pyridine rings is 2. The number of nitrogens with zero attached hydrogens (tertiary/aromatic N) is 3. The van der Waals surface area contributed by atoms with Gasteiger partial charge in [0.2, 0.25) is 0 Å². The number of carbonyl (C=O) groups is 2. The number of ether oxygens (including phenoxy) is 1. The number of anilines is 1. The van der Waals surface area contributed by atoms with Crippen LogP contribution in [0.2, 0.25) is 0 Å². The van der Waals surface area contributed by atoms with Crippen molar-refractivity contribution in [3.05, 3.63) is 54.1 Å². The number of hydrogen-bond donors (Lipinski definition) is 1. The second-order valence-corrected chi connectivity index (χ2v) is 8.03. The van der Waals surface area contributed by atoms with E-state index in [0.29, 0.717) is 30.8 Å². The molecule has 2 fully saturated rings. The van der Waals surface area contributed by atoms with Gasteiger partial charge in [-0.05, 0) is 50.5 Å². The molecule has 7 nitrogen and oxygen atoms in total. The van der Waals surface area contributed by atoms with E-state index in [0.717, 1.165) is 18.5 Å². The molecule has 2 aliphatic heterocycles. The largest absolute Gasteiger partial charge is 0.362 e. The van der Waals surface area contributed by atoms with E-state index in [1.54, 1.807) is 24.7 Å². The van der Waals surface area contributed by atoms with Crippen molar-refractivity contribution in [2.24, 2.45) is 5.92 Å². The first-order valence-corrected chi connectivity index (χ1v) is 10.1. The minimum Gasteiger partial charge on any atom is -0.362 e. The number of nitrogens with one attached hydrogen (secondary N) is 1. The van der Waals surface area contributed by atoms with Gasteiger partial charge in [0.05, 0.1) is 23.0 Å². The lowest BCUT2D eigenvalue weighted by Crippen LogP contribution is -2.52. The van der Waals surface area contributed by atoms with Gasteiger partial charge in [-0.2, -0.15) is 0 Å². The van der Waals surface area contributed by atoms with E-state index >= 15 is 0 Å². The third-order valence-corrected chi connectivity index (χ3v) is 6.07. The monoisotopic (exact) mass is 394 g/mol. The fraction of sp³-hybridized carbons (Fsp3) is 0.455. The predicted molar refractivity (Wildman–Crippen MR) is 108 cm³/mol. The van der Waals surface area contributed by atoms with Gasteiger partial charge in [-0.25, -0.2) is 0 Å². The van der Waals surface area contributed by atoms with Gasteiger partial charge in [-0.1, -0.05) is 6.92 Å². The van der Waals surface area contributed by atoms with Gasteiger partial charge in [0.25, 0.3) is 11.8 Å². The van der Waals surface area contributed by atoms with Crippen molar-refractivity contribution in [1.29, 1.82) is 0 Å². The van der Waals surface area contributed by atoms with Gasteiger partial charge in [0.15, 0.2) is 0 Å². The minimum absolute atomic E-state index is 0.00284. The average Bonchev–Trinajstić information content (AvgIpc) is 3.16. The standard InChI is InChI=1S/C22H26N4O3/c1-15-14-26(21(28)17-6-5-16(2)24-12-17)11-9-22(15)8-7-19(29-22)20(27)25-18-4-3-10-23-13-18/h3-6,10,12-13,15,19H,7-9,11,14H2,1-2H3,(H,25,27). The highest BCUT2D eigenvalue weighted by molar-refractivity contribution is 5.94. The van der Waals surface area contributed by atoms with Gasteiger partial charge in [0.1, 0.15) is 6.10 Å². The molecule has 4 heterocycles. The topological polar surface area (TPSA) is 84.4 Å². The fourth-order valence-corrected chi connectivity index (χ4v) is 4.29. The molecule has 29 heavy (non-hydrogen) atoms. The fourth-order valence-electron chi connectivity index (χ4n) is 4.29. The normalized spacial score (nSPS) is 26.5. The maximum atomic E-state index is 12.8. The quantitative estimate of drug-likeness (QED) is 0.865. The number of aryl methyl sites for hydroxylation is 1. The Morgan fingerprint density at radius 3 is 2.79 bits per heavy atom. The maximum Gasteiger partial charge on any atom is 0.255 e. The zero-order valence-corrected chi connectivity index (χ0v) is 16.8. The first-order valence-electron chi connectivity index (χ1n) is 10.1. The number of carbonyl (C=O) groups excluding carboxylic acids is 2. The van der Waals surface area contributed by atoms with Crippen LogP contribution in [0, 0.1) is 12.8 Å². The zero-order valence-electron chi connectivity index (χ0n) is 16.8. The lowest BCUT2D eigenvalue weighted by Gasteiger charge is -2.44. The van der Waals surface area contributed by atoms with Crippen molar-refractivity contribution in [2.45, 2.75) is 44.8 Å². The summed E-state index contributed by atoms with van der Waals surface area (Å²) >= 11 is 0. The van der Waals surface area contributed by atoms with E-state index in [4.69, 9.17) is 4.74 Å². The summed E-state index contributed by atoms with van der Waals surface area (Å²) in [5.41, 5.74) is 1.82. The van der Waals surface area contributed by atoms with Crippen LogP contribution in [0.15, 0.2) is 42.9 Å². The molecule has 2 aromatic heterocycles. The van der Waals surface area contributed by atoms with Crippen molar-refractivity contribution >= 4 is 17.5 Å². The summed E-state index contributed by atoms with van der Waals surface area (Å²) in [6.07, 6.45) is 6.70. The molecular weight excluding hydrogens is 368 g/mol. The Morgan fingerprint density at radius 1 is 1.24 bits per heavy atom. The number of rotatable bonds is 3. The predicted octanol–water partition coefficient (Wildman–Crippen LogP) is 2.82. The first kappa shape index (κ1) is 19.5. The van der Waals surface area contributed by atoms with Crippen LogP contribution in [0.4, 0.5) is 5.69 Å². The SMILES string of the molecule is Cc1ccc(C(=O)N2CCC3(CCC(C(=O)Nc4cccnc4)O3)C(C)C2)cn1.